The van der Waals surface area contributed by atoms with Crippen molar-refractivity contribution < 1.29 is 17.7 Å². The monoisotopic (exact) mass is 479 g/mol. The molecular formula is C26H24F3N5O. The van der Waals surface area contributed by atoms with Crippen LogP contribution in [0.1, 0.15) is 47.7 Å². The van der Waals surface area contributed by atoms with Gasteiger partial charge in [-0.3, -0.25) is 4.98 Å². The minimum atomic E-state index is -4.46. The fraction of sp³-hybridized carbons (Fsp3) is 0.308. The summed E-state index contributed by atoms with van der Waals surface area (Å²) in [6.07, 6.45) is 4.82. The molecule has 1 saturated heterocycles. The van der Waals surface area contributed by atoms with Gasteiger partial charge in [0.05, 0.1) is 11.5 Å². The average Bonchev–Trinajstić information content (AvgIpc) is 3.38. The van der Waals surface area contributed by atoms with E-state index in [0.717, 1.165) is 55.0 Å². The summed E-state index contributed by atoms with van der Waals surface area (Å²) in [6.45, 7) is 1.92. The van der Waals surface area contributed by atoms with Crippen LogP contribution in [0.4, 0.5) is 19.0 Å². The molecule has 0 aliphatic carbocycles. The number of halogens is 3. The highest BCUT2D eigenvalue weighted by atomic mass is 19.4. The molecule has 4 aromatic rings. The highest BCUT2D eigenvalue weighted by molar-refractivity contribution is 5.55. The van der Waals surface area contributed by atoms with Gasteiger partial charge in [-0.25, -0.2) is 4.98 Å². The molecular weight excluding hydrogens is 455 g/mol. The molecule has 0 saturated carbocycles. The molecule has 1 aliphatic rings. The van der Waals surface area contributed by atoms with E-state index in [9.17, 15) is 13.2 Å². The topological polar surface area (TPSA) is 67.9 Å². The Hall–Kier alpha value is -3.75. The first kappa shape index (κ1) is 23.0. The molecule has 1 unspecified atom stereocenters. The molecule has 4 heterocycles. The predicted octanol–water partition coefficient (Wildman–Crippen LogP) is 5.91. The van der Waals surface area contributed by atoms with Crippen molar-refractivity contribution in [3.05, 3.63) is 89.6 Å². The molecule has 1 atom stereocenters. The standard InChI is InChI=1S/C26H24F3N5O/c27-26(28,29)21-10-4-7-19(15-21)25-32-23(33-35-25)22(20-9-5-11-30-17-20)16-18-8-6-12-31-24(18)34-13-2-1-3-14-34/h4-12,15,17,22H,1-3,13-14,16H2. The average molecular weight is 480 g/mol. The third-order valence-electron chi connectivity index (χ3n) is 6.22. The molecule has 1 aliphatic heterocycles. The Morgan fingerprint density at radius 2 is 1.80 bits per heavy atom. The lowest BCUT2D eigenvalue weighted by Crippen LogP contribution is -2.31. The van der Waals surface area contributed by atoms with Crippen LogP contribution in [-0.4, -0.2) is 33.2 Å². The summed E-state index contributed by atoms with van der Waals surface area (Å²) in [5.41, 5.74) is 1.39. The summed E-state index contributed by atoms with van der Waals surface area (Å²) in [4.78, 5) is 15.7. The van der Waals surface area contributed by atoms with Crippen molar-refractivity contribution in [2.45, 2.75) is 37.8 Å². The maximum Gasteiger partial charge on any atom is 0.416 e. The van der Waals surface area contributed by atoms with Crippen LogP contribution in [-0.2, 0) is 12.6 Å². The van der Waals surface area contributed by atoms with E-state index in [0.29, 0.717) is 12.2 Å². The SMILES string of the molecule is FC(F)(F)c1cccc(-c2nc(C(Cc3cccnc3N3CCCCC3)c3cccnc3)no2)c1. The Kier molecular flexibility index (Phi) is 6.48. The number of aromatic nitrogens is 4. The predicted molar refractivity (Wildman–Crippen MR) is 125 cm³/mol. The van der Waals surface area contributed by atoms with Crippen molar-refractivity contribution in [3.8, 4) is 11.5 Å². The Morgan fingerprint density at radius 1 is 0.971 bits per heavy atom. The number of anilines is 1. The Balaban J connectivity index is 1.49. The van der Waals surface area contributed by atoms with Crippen molar-refractivity contribution >= 4 is 5.82 Å². The summed E-state index contributed by atoms with van der Waals surface area (Å²) in [5, 5.41) is 4.17. The van der Waals surface area contributed by atoms with Crippen molar-refractivity contribution in [2.75, 3.05) is 18.0 Å². The molecule has 35 heavy (non-hydrogen) atoms. The molecule has 1 aromatic carbocycles. The highest BCUT2D eigenvalue weighted by Crippen LogP contribution is 2.34. The van der Waals surface area contributed by atoms with E-state index in [1.54, 1.807) is 18.6 Å². The summed E-state index contributed by atoms with van der Waals surface area (Å²) < 4.78 is 45.0. The Labute approximate surface area is 200 Å². The van der Waals surface area contributed by atoms with Gasteiger partial charge in [-0.1, -0.05) is 23.4 Å². The number of benzene rings is 1. The zero-order chi connectivity index (χ0) is 24.3. The Morgan fingerprint density at radius 3 is 2.57 bits per heavy atom. The number of hydrogen-bond donors (Lipinski definition) is 0. The fourth-order valence-corrected chi connectivity index (χ4v) is 4.46. The highest BCUT2D eigenvalue weighted by Gasteiger charge is 2.31. The minimum absolute atomic E-state index is 0.0439. The molecule has 9 heteroatoms. The number of alkyl halides is 3. The molecule has 0 amide bonds. The fourth-order valence-electron chi connectivity index (χ4n) is 4.46. The normalized spacial score (nSPS) is 15.2. The lowest BCUT2D eigenvalue weighted by molar-refractivity contribution is -0.137. The molecule has 0 bridgehead atoms. The first-order valence-electron chi connectivity index (χ1n) is 11.6. The zero-order valence-corrected chi connectivity index (χ0v) is 18.9. The van der Waals surface area contributed by atoms with E-state index < -0.39 is 11.7 Å². The quantitative estimate of drug-likeness (QED) is 0.343. The Bertz CT molecular complexity index is 1270. The van der Waals surface area contributed by atoms with Gasteiger partial charge in [-0.05, 0) is 67.1 Å². The van der Waals surface area contributed by atoms with Gasteiger partial charge in [0.1, 0.15) is 5.82 Å². The van der Waals surface area contributed by atoms with Crippen LogP contribution < -0.4 is 4.90 Å². The van der Waals surface area contributed by atoms with E-state index in [-0.39, 0.29) is 17.4 Å². The van der Waals surface area contributed by atoms with Gasteiger partial charge in [-0.2, -0.15) is 18.2 Å². The molecule has 5 rings (SSSR count). The van der Waals surface area contributed by atoms with Crippen LogP contribution in [0.25, 0.3) is 11.5 Å². The number of nitrogens with zero attached hydrogens (tertiary/aromatic N) is 5. The van der Waals surface area contributed by atoms with Crippen molar-refractivity contribution in [3.63, 3.8) is 0 Å². The molecule has 6 nitrogen and oxygen atoms in total. The van der Waals surface area contributed by atoms with Gasteiger partial charge in [0.25, 0.3) is 5.89 Å². The summed E-state index contributed by atoms with van der Waals surface area (Å²) in [6, 6.07) is 12.6. The number of piperidine rings is 1. The number of rotatable bonds is 6. The van der Waals surface area contributed by atoms with Crippen LogP contribution in [0.5, 0.6) is 0 Å². The van der Waals surface area contributed by atoms with Gasteiger partial charge < -0.3 is 9.42 Å². The maximum absolute atomic E-state index is 13.2. The van der Waals surface area contributed by atoms with Gasteiger partial charge in [0.2, 0.25) is 0 Å². The molecule has 1 fully saturated rings. The van der Waals surface area contributed by atoms with Crippen LogP contribution >= 0.6 is 0 Å². The first-order valence-corrected chi connectivity index (χ1v) is 11.6. The van der Waals surface area contributed by atoms with Crippen LogP contribution in [0.3, 0.4) is 0 Å². The molecule has 180 valence electrons. The van der Waals surface area contributed by atoms with E-state index in [2.05, 4.69) is 25.0 Å². The summed E-state index contributed by atoms with van der Waals surface area (Å²) in [7, 11) is 0. The van der Waals surface area contributed by atoms with Gasteiger partial charge in [-0.15, -0.1) is 0 Å². The summed E-state index contributed by atoms with van der Waals surface area (Å²) in [5.74, 6) is 1.07. The number of pyridine rings is 2. The maximum atomic E-state index is 13.2. The van der Waals surface area contributed by atoms with Gasteiger partial charge in [0, 0.05) is 37.2 Å². The lowest BCUT2D eigenvalue weighted by Gasteiger charge is -2.30. The van der Waals surface area contributed by atoms with Crippen molar-refractivity contribution in [1.82, 2.24) is 20.1 Å². The van der Waals surface area contributed by atoms with E-state index in [4.69, 9.17) is 4.52 Å². The molecule has 0 N–H and O–H groups in total. The van der Waals surface area contributed by atoms with E-state index in [1.807, 2.05) is 24.3 Å². The summed E-state index contributed by atoms with van der Waals surface area (Å²) >= 11 is 0. The smallest absolute Gasteiger partial charge is 0.356 e. The van der Waals surface area contributed by atoms with E-state index in [1.165, 1.54) is 18.6 Å². The second kappa shape index (κ2) is 9.85. The van der Waals surface area contributed by atoms with Crippen molar-refractivity contribution in [1.29, 1.82) is 0 Å². The van der Waals surface area contributed by atoms with Crippen LogP contribution in [0, 0.1) is 0 Å². The number of hydrogen-bond acceptors (Lipinski definition) is 6. The minimum Gasteiger partial charge on any atom is -0.356 e. The third-order valence-corrected chi connectivity index (χ3v) is 6.22. The lowest BCUT2D eigenvalue weighted by atomic mass is 9.92. The zero-order valence-electron chi connectivity index (χ0n) is 18.9. The molecule has 0 spiro atoms. The second-order valence-corrected chi connectivity index (χ2v) is 8.61. The third kappa shape index (κ3) is 5.18. The van der Waals surface area contributed by atoms with Crippen LogP contribution in [0.15, 0.2) is 71.6 Å². The molecule has 0 radical (unpaired) electrons. The van der Waals surface area contributed by atoms with Crippen LogP contribution in [0.2, 0.25) is 0 Å². The van der Waals surface area contributed by atoms with Gasteiger partial charge >= 0.3 is 6.18 Å². The van der Waals surface area contributed by atoms with Gasteiger partial charge in [0.15, 0.2) is 5.82 Å². The van der Waals surface area contributed by atoms with Crippen molar-refractivity contribution in [2.24, 2.45) is 0 Å². The molecule has 3 aromatic heterocycles. The van der Waals surface area contributed by atoms with E-state index >= 15 is 0 Å². The largest absolute Gasteiger partial charge is 0.416 e. The second-order valence-electron chi connectivity index (χ2n) is 8.61. The first-order chi connectivity index (χ1) is 17.0.